The molecule has 0 aliphatic carbocycles. The van der Waals surface area contributed by atoms with E-state index >= 15 is 0 Å². The smallest absolute Gasteiger partial charge is 0.0670 e. The topological polar surface area (TPSA) is 62.3 Å². The van der Waals surface area contributed by atoms with Gasteiger partial charge in [0.15, 0.2) is 0 Å². The monoisotopic (exact) mass is 217 g/mol. The van der Waals surface area contributed by atoms with Crippen LogP contribution in [0.4, 0.5) is 11.4 Å². The van der Waals surface area contributed by atoms with Crippen molar-refractivity contribution in [3.8, 4) is 6.07 Å². The number of nitrogens with two attached hydrogens (primary N) is 1. The number of rotatable bonds is 2. The summed E-state index contributed by atoms with van der Waals surface area (Å²) in [5, 5.41) is 8.71. The summed E-state index contributed by atoms with van der Waals surface area (Å²) < 4.78 is 5.30. The van der Waals surface area contributed by atoms with Crippen molar-refractivity contribution in [3.05, 3.63) is 23.8 Å². The normalized spacial score (nSPS) is 15.8. The molecule has 0 spiro atoms. The Labute approximate surface area is 95.2 Å². The molecular formula is C12H15N3O. The van der Waals surface area contributed by atoms with E-state index in [0.717, 1.165) is 37.6 Å². The number of nitriles is 1. The minimum atomic E-state index is 0.365. The summed E-state index contributed by atoms with van der Waals surface area (Å²) in [6, 6.07) is 8.01. The lowest BCUT2D eigenvalue weighted by Crippen LogP contribution is -2.36. The van der Waals surface area contributed by atoms with E-state index in [0.29, 0.717) is 12.1 Å². The molecule has 4 nitrogen and oxygen atoms in total. The van der Waals surface area contributed by atoms with Crippen molar-refractivity contribution in [3.63, 3.8) is 0 Å². The second kappa shape index (κ2) is 4.86. The molecular weight excluding hydrogens is 202 g/mol. The predicted molar refractivity (Wildman–Crippen MR) is 63.2 cm³/mol. The number of morpholine rings is 1. The quantitative estimate of drug-likeness (QED) is 0.755. The van der Waals surface area contributed by atoms with Crippen LogP contribution in [0.1, 0.15) is 5.56 Å². The predicted octanol–water partition coefficient (Wildman–Crippen LogP) is 1.17. The van der Waals surface area contributed by atoms with Crippen molar-refractivity contribution in [2.45, 2.75) is 6.42 Å². The first-order valence-electron chi connectivity index (χ1n) is 5.39. The van der Waals surface area contributed by atoms with Gasteiger partial charge >= 0.3 is 0 Å². The van der Waals surface area contributed by atoms with Crippen LogP contribution in [0.3, 0.4) is 0 Å². The van der Waals surface area contributed by atoms with E-state index in [9.17, 15) is 0 Å². The van der Waals surface area contributed by atoms with Crippen LogP contribution in [0.15, 0.2) is 18.2 Å². The van der Waals surface area contributed by atoms with Gasteiger partial charge in [0.1, 0.15) is 0 Å². The number of nitrogen functional groups attached to an aromatic ring is 1. The van der Waals surface area contributed by atoms with E-state index in [2.05, 4.69) is 11.0 Å². The molecule has 1 aliphatic heterocycles. The highest BCUT2D eigenvalue weighted by Gasteiger charge is 2.12. The van der Waals surface area contributed by atoms with Crippen molar-refractivity contribution in [1.29, 1.82) is 5.26 Å². The van der Waals surface area contributed by atoms with Crippen molar-refractivity contribution < 1.29 is 4.74 Å². The molecule has 84 valence electrons. The van der Waals surface area contributed by atoms with E-state index < -0.39 is 0 Å². The molecule has 2 rings (SSSR count). The number of nitrogens with zero attached hydrogens (tertiary/aromatic N) is 2. The first-order chi connectivity index (χ1) is 7.81. The second-order valence-corrected chi connectivity index (χ2v) is 3.82. The van der Waals surface area contributed by atoms with E-state index in [-0.39, 0.29) is 0 Å². The Morgan fingerprint density at radius 3 is 2.81 bits per heavy atom. The molecule has 1 aromatic rings. The van der Waals surface area contributed by atoms with Crippen LogP contribution in [0.2, 0.25) is 0 Å². The van der Waals surface area contributed by atoms with Gasteiger partial charge in [0, 0.05) is 24.5 Å². The van der Waals surface area contributed by atoms with Crippen LogP contribution in [-0.2, 0) is 11.2 Å². The fraction of sp³-hybridized carbons (Fsp3) is 0.417. The second-order valence-electron chi connectivity index (χ2n) is 3.82. The van der Waals surface area contributed by atoms with Crippen LogP contribution >= 0.6 is 0 Å². The number of anilines is 2. The average molecular weight is 217 g/mol. The first-order valence-corrected chi connectivity index (χ1v) is 5.39. The molecule has 1 fully saturated rings. The number of ether oxygens (including phenoxy) is 1. The van der Waals surface area contributed by atoms with E-state index in [1.165, 1.54) is 0 Å². The minimum Gasteiger partial charge on any atom is -0.398 e. The molecule has 16 heavy (non-hydrogen) atoms. The van der Waals surface area contributed by atoms with Crippen LogP contribution in [0.5, 0.6) is 0 Å². The molecule has 0 radical (unpaired) electrons. The van der Waals surface area contributed by atoms with Crippen LogP contribution in [-0.4, -0.2) is 26.3 Å². The van der Waals surface area contributed by atoms with Gasteiger partial charge in [0.25, 0.3) is 0 Å². The number of hydrogen-bond donors (Lipinski definition) is 1. The SMILES string of the molecule is N#CCc1cc(N2CCOCC2)ccc1N. The minimum absolute atomic E-state index is 0.365. The maximum Gasteiger partial charge on any atom is 0.0670 e. The highest BCUT2D eigenvalue weighted by molar-refractivity contribution is 5.59. The Morgan fingerprint density at radius 2 is 2.12 bits per heavy atom. The number of benzene rings is 1. The van der Waals surface area contributed by atoms with Crippen molar-refractivity contribution >= 4 is 11.4 Å². The zero-order valence-corrected chi connectivity index (χ0v) is 9.15. The standard InChI is InChI=1S/C12H15N3O/c13-4-3-10-9-11(1-2-12(10)14)15-5-7-16-8-6-15/h1-2,9H,3,5-8,14H2. The average Bonchev–Trinajstić information content (AvgIpc) is 2.33. The largest absolute Gasteiger partial charge is 0.398 e. The molecule has 0 bridgehead atoms. The molecule has 1 aromatic carbocycles. The lowest BCUT2D eigenvalue weighted by molar-refractivity contribution is 0.122. The van der Waals surface area contributed by atoms with Crippen LogP contribution in [0, 0.1) is 11.3 Å². The van der Waals surface area contributed by atoms with Gasteiger partial charge in [0.2, 0.25) is 0 Å². The molecule has 4 heteroatoms. The summed E-state index contributed by atoms with van der Waals surface area (Å²) in [5.74, 6) is 0. The highest BCUT2D eigenvalue weighted by atomic mass is 16.5. The zero-order chi connectivity index (χ0) is 11.4. The Balaban J connectivity index is 2.21. The summed E-state index contributed by atoms with van der Waals surface area (Å²) in [5.41, 5.74) is 8.54. The fourth-order valence-electron chi connectivity index (χ4n) is 1.85. The molecule has 2 N–H and O–H groups in total. The lowest BCUT2D eigenvalue weighted by Gasteiger charge is -2.29. The first kappa shape index (κ1) is 10.8. The summed E-state index contributed by atoms with van der Waals surface area (Å²) in [4.78, 5) is 2.25. The van der Waals surface area contributed by atoms with Crippen molar-refractivity contribution in [2.24, 2.45) is 0 Å². The molecule has 0 amide bonds. The molecule has 0 unspecified atom stereocenters. The van der Waals surface area contributed by atoms with Gasteiger partial charge in [-0.2, -0.15) is 5.26 Å². The number of hydrogen-bond acceptors (Lipinski definition) is 4. The van der Waals surface area contributed by atoms with Gasteiger partial charge in [-0.15, -0.1) is 0 Å². The van der Waals surface area contributed by atoms with Gasteiger partial charge in [-0.05, 0) is 23.8 Å². The highest BCUT2D eigenvalue weighted by Crippen LogP contribution is 2.22. The van der Waals surface area contributed by atoms with Gasteiger partial charge in [-0.25, -0.2) is 0 Å². The lowest BCUT2D eigenvalue weighted by atomic mass is 10.1. The Kier molecular flexibility index (Phi) is 3.28. The van der Waals surface area contributed by atoms with E-state index in [1.54, 1.807) is 0 Å². The Bertz CT molecular complexity index is 405. The van der Waals surface area contributed by atoms with Gasteiger partial charge in [-0.3, -0.25) is 0 Å². The Morgan fingerprint density at radius 1 is 1.38 bits per heavy atom. The molecule has 0 atom stereocenters. The summed E-state index contributed by atoms with van der Waals surface area (Å²) >= 11 is 0. The molecule has 0 aromatic heterocycles. The van der Waals surface area contributed by atoms with Gasteiger partial charge in [0.05, 0.1) is 25.7 Å². The van der Waals surface area contributed by atoms with Gasteiger partial charge < -0.3 is 15.4 Å². The molecule has 1 aliphatic rings. The van der Waals surface area contributed by atoms with Crippen molar-refractivity contribution in [1.82, 2.24) is 0 Å². The zero-order valence-electron chi connectivity index (χ0n) is 9.15. The molecule has 0 saturated carbocycles. The third-order valence-electron chi connectivity index (χ3n) is 2.77. The fourth-order valence-corrected chi connectivity index (χ4v) is 1.85. The van der Waals surface area contributed by atoms with Crippen LogP contribution < -0.4 is 10.6 Å². The maximum atomic E-state index is 8.71. The van der Waals surface area contributed by atoms with Crippen molar-refractivity contribution in [2.75, 3.05) is 36.9 Å². The summed E-state index contributed by atoms with van der Waals surface area (Å²) in [6.45, 7) is 3.32. The Hall–Kier alpha value is -1.73. The summed E-state index contributed by atoms with van der Waals surface area (Å²) in [6.07, 6.45) is 0.365. The summed E-state index contributed by atoms with van der Waals surface area (Å²) in [7, 11) is 0. The van der Waals surface area contributed by atoms with E-state index in [1.807, 2.05) is 18.2 Å². The third-order valence-corrected chi connectivity index (χ3v) is 2.77. The molecule has 1 heterocycles. The van der Waals surface area contributed by atoms with Gasteiger partial charge in [-0.1, -0.05) is 0 Å². The van der Waals surface area contributed by atoms with Crippen LogP contribution in [0.25, 0.3) is 0 Å². The maximum absolute atomic E-state index is 8.71. The third kappa shape index (κ3) is 2.26. The van der Waals surface area contributed by atoms with E-state index in [4.69, 9.17) is 15.7 Å². The molecule has 1 saturated heterocycles.